The highest BCUT2D eigenvalue weighted by atomic mass is 35.5. The first kappa shape index (κ1) is 15.5. The smallest absolute Gasteiger partial charge is 0.252 e. The zero-order valence-electron chi connectivity index (χ0n) is 13.0. The number of nitrogens with two attached hydrogens (primary N) is 1. The summed E-state index contributed by atoms with van der Waals surface area (Å²) >= 11 is 5.85. The van der Waals surface area contributed by atoms with Crippen molar-refractivity contribution in [1.29, 1.82) is 0 Å². The summed E-state index contributed by atoms with van der Waals surface area (Å²) in [5.41, 5.74) is 5.83. The molecule has 3 heterocycles. The fraction of sp³-hybridized carbons (Fsp3) is 0.667. The van der Waals surface area contributed by atoms with Crippen LogP contribution < -0.4 is 10.6 Å². The fourth-order valence-electron chi connectivity index (χ4n) is 3.92. The lowest BCUT2D eigenvalue weighted by atomic mass is 10.1. The van der Waals surface area contributed by atoms with Gasteiger partial charge in [-0.3, -0.25) is 9.69 Å². The van der Waals surface area contributed by atoms with E-state index in [1.54, 1.807) is 0 Å². The molecule has 1 aromatic heterocycles. The summed E-state index contributed by atoms with van der Waals surface area (Å²) in [6, 6.07) is 3.15. The molecular weight excluding hydrogens is 302 g/mol. The van der Waals surface area contributed by atoms with Crippen LogP contribution in [-0.4, -0.2) is 52.2 Å². The predicted octanol–water partition coefficient (Wildman–Crippen LogP) is 1.68. The van der Waals surface area contributed by atoms with Crippen molar-refractivity contribution in [1.82, 2.24) is 15.1 Å². The molecule has 6 nitrogen and oxygen atoms in total. The minimum atomic E-state index is -0.512. The van der Waals surface area contributed by atoms with Gasteiger partial charge in [0, 0.05) is 31.2 Å². The molecule has 120 valence electrons. The topological polar surface area (TPSA) is 75.3 Å². The van der Waals surface area contributed by atoms with Gasteiger partial charge in [-0.05, 0) is 39.2 Å². The number of nitrogens with zero attached hydrogens (tertiary/aromatic N) is 4. The molecule has 2 aliphatic rings. The van der Waals surface area contributed by atoms with E-state index < -0.39 is 5.91 Å². The number of hydrogen-bond acceptors (Lipinski definition) is 5. The number of anilines is 1. The maximum Gasteiger partial charge on any atom is 0.252 e. The van der Waals surface area contributed by atoms with Crippen LogP contribution in [0.5, 0.6) is 0 Å². The van der Waals surface area contributed by atoms with Gasteiger partial charge in [0.05, 0.1) is 5.56 Å². The van der Waals surface area contributed by atoms with Gasteiger partial charge in [-0.1, -0.05) is 11.6 Å². The van der Waals surface area contributed by atoms with Gasteiger partial charge in [0.2, 0.25) is 0 Å². The number of hydrogen-bond donors (Lipinski definition) is 1. The van der Waals surface area contributed by atoms with E-state index in [0.717, 1.165) is 19.5 Å². The highest BCUT2D eigenvalue weighted by Crippen LogP contribution is 2.34. The Morgan fingerprint density at radius 1 is 1.32 bits per heavy atom. The van der Waals surface area contributed by atoms with Gasteiger partial charge in [-0.2, -0.15) is 0 Å². The minimum absolute atomic E-state index is 0.192. The van der Waals surface area contributed by atoms with Crippen molar-refractivity contribution in [2.75, 3.05) is 18.0 Å². The lowest BCUT2D eigenvalue weighted by Crippen LogP contribution is -2.43. The van der Waals surface area contributed by atoms with Crippen LogP contribution in [0.15, 0.2) is 6.07 Å². The van der Waals surface area contributed by atoms with E-state index in [1.807, 2.05) is 0 Å². The third-order valence-corrected chi connectivity index (χ3v) is 4.93. The molecular formula is C15H22ClN5O. The zero-order chi connectivity index (χ0) is 15.9. The molecule has 1 aromatic rings. The highest BCUT2D eigenvalue weighted by molar-refractivity contribution is 6.29. The van der Waals surface area contributed by atoms with Crippen molar-refractivity contribution >= 4 is 23.3 Å². The van der Waals surface area contributed by atoms with E-state index in [4.69, 9.17) is 17.3 Å². The molecule has 2 N–H and O–H groups in total. The molecule has 2 unspecified atom stereocenters. The average molecular weight is 324 g/mol. The number of fused-ring (bicyclic) bond motifs is 2. The van der Waals surface area contributed by atoms with E-state index in [0.29, 0.717) is 29.5 Å². The summed E-state index contributed by atoms with van der Waals surface area (Å²) in [6.45, 7) is 6.21. The molecule has 22 heavy (non-hydrogen) atoms. The molecule has 0 saturated carbocycles. The first-order valence-corrected chi connectivity index (χ1v) is 8.20. The van der Waals surface area contributed by atoms with Crippen molar-refractivity contribution in [3.05, 3.63) is 16.8 Å². The van der Waals surface area contributed by atoms with Gasteiger partial charge < -0.3 is 10.6 Å². The monoisotopic (exact) mass is 323 g/mol. The quantitative estimate of drug-likeness (QED) is 0.916. The Hall–Kier alpha value is -1.40. The van der Waals surface area contributed by atoms with Crippen LogP contribution >= 0.6 is 11.6 Å². The Morgan fingerprint density at radius 3 is 2.73 bits per heavy atom. The van der Waals surface area contributed by atoms with E-state index in [-0.39, 0.29) is 5.15 Å². The Morgan fingerprint density at radius 2 is 2.05 bits per heavy atom. The van der Waals surface area contributed by atoms with Crippen molar-refractivity contribution in [3.8, 4) is 0 Å². The normalized spacial score (nSPS) is 25.5. The molecule has 1 amide bonds. The molecule has 2 saturated heterocycles. The molecule has 0 spiro atoms. The second kappa shape index (κ2) is 6.01. The maximum atomic E-state index is 11.7. The Kier molecular flexibility index (Phi) is 4.23. The summed E-state index contributed by atoms with van der Waals surface area (Å²) in [5.74, 6) is 0.0510. The van der Waals surface area contributed by atoms with Crippen LogP contribution in [0.2, 0.25) is 5.15 Å². The summed E-state index contributed by atoms with van der Waals surface area (Å²) in [7, 11) is 0. The number of halogens is 1. The van der Waals surface area contributed by atoms with Crippen molar-refractivity contribution in [2.45, 2.75) is 51.2 Å². The summed E-state index contributed by atoms with van der Waals surface area (Å²) in [4.78, 5) is 16.4. The van der Waals surface area contributed by atoms with Crippen LogP contribution in [0.25, 0.3) is 0 Å². The number of rotatable bonds is 3. The van der Waals surface area contributed by atoms with E-state index >= 15 is 0 Å². The number of aromatic nitrogens is 2. The fourth-order valence-corrected chi connectivity index (χ4v) is 4.07. The average Bonchev–Trinajstić information content (AvgIpc) is 2.74. The molecule has 3 rings (SSSR count). The van der Waals surface area contributed by atoms with Crippen molar-refractivity contribution < 1.29 is 4.79 Å². The van der Waals surface area contributed by atoms with Gasteiger partial charge in [-0.25, -0.2) is 0 Å². The van der Waals surface area contributed by atoms with E-state index in [2.05, 4.69) is 33.8 Å². The summed E-state index contributed by atoms with van der Waals surface area (Å²) in [6.07, 6.45) is 3.51. The third kappa shape index (κ3) is 2.77. The van der Waals surface area contributed by atoms with Gasteiger partial charge in [0.25, 0.3) is 5.91 Å². The number of carbonyl (C=O) groups is 1. The molecule has 2 aliphatic heterocycles. The number of carbonyl (C=O) groups excluding carboxylic acids is 1. The first-order valence-electron chi connectivity index (χ1n) is 7.82. The Labute approximate surface area is 135 Å². The number of primary amides is 1. The lowest BCUT2D eigenvalue weighted by Gasteiger charge is -2.32. The summed E-state index contributed by atoms with van der Waals surface area (Å²) in [5, 5.41) is 8.23. The van der Waals surface area contributed by atoms with Gasteiger partial charge in [-0.15, -0.1) is 10.2 Å². The zero-order valence-corrected chi connectivity index (χ0v) is 13.8. The first-order chi connectivity index (χ1) is 10.5. The molecule has 2 atom stereocenters. The standard InChI is InChI=1S/C15H22ClN5O/c1-9(2)21-10-3-4-11(21)8-20(6-5-10)15-12(14(17)22)7-13(16)18-19-15/h7,9-11H,3-6,8H2,1-2H3,(H2,17,22). The van der Waals surface area contributed by atoms with Gasteiger partial charge >= 0.3 is 0 Å². The van der Waals surface area contributed by atoms with E-state index in [9.17, 15) is 4.79 Å². The molecule has 0 radical (unpaired) electrons. The van der Waals surface area contributed by atoms with Crippen LogP contribution in [0.4, 0.5) is 5.82 Å². The molecule has 0 aliphatic carbocycles. The van der Waals surface area contributed by atoms with Crippen molar-refractivity contribution in [3.63, 3.8) is 0 Å². The minimum Gasteiger partial charge on any atom is -0.365 e. The maximum absolute atomic E-state index is 11.7. The van der Waals surface area contributed by atoms with Gasteiger partial charge in [0.15, 0.2) is 11.0 Å². The summed E-state index contributed by atoms with van der Waals surface area (Å²) < 4.78 is 0. The van der Waals surface area contributed by atoms with Crippen LogP contribution in [0.3, 0.4) is 0 Å². The number of amides is 1. The predicted molar refractivity (Wildman–Crippen MR) is 86.2 cm³/mol. The van der Waals surface area contributed by atoms with Crippen LogP contribution in [0, 0.1) is 0 Å². The molecule has 0 aromatic carbocycles. The van der Waals surface area contributed by atoms with Crippen molar-refractivity contribution in [2.24, 2.45) is 5.73 Å². The van der Waals surface area contributed by atoms with Crippen LogP contribution in [-0.2, 0) is 0 Å². The lowest BCUT2D eigenvalue weighted by molar-refractivity contribution is 0.1000. The highest BCUT2D eigenvalue weighted by Gasteiger charge is 2.39. The Bertz CT molecular complexity index is 579. The largest absolute Gasteiger partial charge is 0.365 e. The molecule has 7 heteroatoms. The SMILES string of the molecule is CC(C)N1C2CCC1CN(c1nnc(Cl)cc1C(N)=O)CC2. The third-order valence-electron chi connectivity index (χ3n) is 4.75. The van der Waals surface area contributed by atoms with Gasteiger partial charge in [0.1, 0.15) is 0 Å². The second-order valence-corrected chi connectivity index (χ2v) is 6.82. The van der Waals surface area contributed by atoms with Crippen LogP contribution in [0.1, 0.15) is 43.5 Å². The van der Waals surface area contributed by atoms with E-state index in [1.165, 1.54) is 18.9 Å². The second-order valence-electron chi connectivity index (χ2n) is 6.43. The molecule has 2 fully saturated rings. The Balaban J connectivity index is 1.90. The molecule has 2 bridgehead atoms.